The summed E-state index contributed by atoms with van der Waals surface area (Å²) in [5.74, 6) is 1.47. The number of fused-ring (bicyclic) bond motifs is 1. The lowest BCUT2D eigenvalue weighted by Crippen LogP contribution is -2.16. The summed E-state index contributed by atoms with van der Waals surface area (Å²) in [5, 5.41) is 0. The van der Waals surface area contributed by atoms with Crippen molar-refractivity contribution in [3.63, 3.8) is 0 Å². The Morgan fingerprint density at radius 3 is 2.68 bits per heavy atom. The molecule has 1 aromatic rings. The van der Waals surface area contributed by atoms with Crippen LogP contribution in [0.3, 0.4) is 0 Å². The highest BCUT2D eigenvalue weighted by Crippen LogP contribution is 2.28. The fraction of sp³-hybridized carbons (Fsp3) is 0.588. The minimum Gasteiger partial charge on any atom is -0.493 e. The molecule has 0 aromatic heterocycles. The van der Waals surface area contributed by atoms with Crippen molar-refractivity contribution in [2.45, 2.75) is 52.4 Å². The molecule has 0 aliphatic carbocycles. The fourth-order valence-corrected chi connectivity index (χ4v) is 2.85. The third kappa shape index (κ3) is 3.37. The van der Waals surface area contributed by atoms with E-state index in [1.54, 1.807) is 0 Å². The Kier molecular flexibility index (Phi) is 5.00. The van der Waals surface area contributed by atoms with Gasteiger partial charge in [0.1, 0.15) is 5.75 Å². The molecular weight excluding hydrogens is 236 g/mol. The fourth-order valence-electron chi connectivity index (χ4n) is 2.85. The van der Waals surface area contributed by atoms with Gasteiger partial charge in [0.2, 0.25) is 0 Å². The van der Waals surface area contributed by atoms with Gasteiger partial charge in [0.15, 0.2) is 5.78 Å². The van der Waals surface area contributed by atoms with Gasteiger partial charge in [-0.3, -0.25) is 4.79 Å². The average molecular weight is 260 g/mol. The Balaban J connectivity index is 2.17. The van der Waals surface area contributed by atoms with Gasteiger partial charge in [-0.05, 0) is 49.4 Å². The van der Waals surface area contributed by atoms with E-state index < -0.39 is 0 Å². The van der Waals surface area contributed by atoms with Crippen molar-refractivity contribution < 1.29 is 9.53 Å². The van der Waals surface area contributed by atoms with Gasteiger partial charge < -0.3 is 4.74 Å². The van der Waals surface area contributed by atoms with Gasteiger partial charge in [-0.2, -0.15) is 0 Å². The van der Waals surface area contributed by atoms with Crippen LogP contribution in [0.15, 0.2) is 18.2 Å². The molecule has 19 heavy (non-hydrogen) atoms. The van der Waals surface area contributed by atoms with Crippen LogP contribution in [-0.2, 0) is 6.42 Å². The first kappa shape index (κ1) is 14.1. The zero-order chi connectivity index (χ0) is 13.7. The second-order valence-electron chi connectivity index (χ2n) is 5.41. The van der Waals surface area contributed by atoms with Gasteiger partial charge in [-0.1, -0.05) is 26.7 Å². The number of hydrogen-bond acceptors (Lipinski definition) is 2. The van der Waals surface area contributed by atoms with E-state index in [1.807, 2.05) is 12.1 Å². The molecule has 1 aromatic carbocycles. The standard InChI is InChI=1S/C17H24O2/c1-3-6-13(7-4-2)17(18)15-9-10-16-14(12-15)8-5-11-19-16/h9-10,12-13H,3-8,11H2,1-2H3. The van der Waals surface area contributed by atoms with Crippen molar-refractivity contribution in [3.8, 4) is 5.75 Å². The van der Waals surface area contributed by atoms with E-state index in [2.05, 4.69) is 19.9 Å². The van der Waals surface area contributed by atoms with Crippen LogP contribution < -0.4 is 4.74 Å². The lowest BCUT2D eigenvalue weighted by Gasteiger charge is -2.19. The maximum absolute atomic E-state index is 12.6. The molecule has 1 aliphatic rings. The monoisotopic (exact) mass is 260 g/mol. The van der Waals surface area contributed by atoms with Gasteiger partial charge in [-0.15, -0.1) is 0 Å². The highest BCUT2D eigenvalue weighted by atomic mass is 16.5. The van der Waals surface area contributed by atoms with E-state index >= 15 is 0 Å². The normalized spacial score (nSPS) is 14.1. The first-order valence-electron chi connectivity index (χ1n) is 7.56. The Bertz CT molecular complexity index is 431. The zero-order valence-corrected chi connectivity index (χ0v) is 12.1. The van der Waals surface area contributed by atoms with Crippen molar-refractivity contribution >= 4 is 5.78 Å². The number of ketones is 1. The summed E-state index contributed by atoms with van der Waals surface area (Å²) in [6, 6.07) is 5.95. The van der Waals surface area contributed by atoms with Crippen LogP contribution >= 0.6 is 0 Å². The van der Waals surface area contributed by atoms with Crippen molar-refractivity contribution in [3.05, 3.63) is 29.3 Å². The average Bonchev–Trinajstić information content (AvgIpc) is 2.46. The highest BCUT2D eigenvalue weighted by Gasteiger charge is 2.20. The lowest BCUT2D eigenvalue weighted by molar-refractivity contribution is 0.0904. The van der Waals surface area contributed by atoms with Crippen molar-refractivity contribution in [1.29, 1.82) is 0 Å². The SMILES string of the molecule is CCCC(CCC)C(=O)c1ccc2c(c1)CCCO2. The van der Waals surface area contributed by atoms with Crippen LogP contribution in [0.5, 0.6) is 5.75 Å². The van der Waals surface area contributed by atoms with E-state index in [1.165, 1.54) is 5.56 Å². The molecule has 0 fully saturated rings. The van der Waals surface area contributed by atoms with E-state index in [0.29, 0.717) is 5.78 Å². The Morgan fingerprint density at radius 2 is 2.00 bits per heavy atom. The molecule has 0 spiro atoms. The number of Topliss-reactive ketones (excluding diaryl/α,β-unsaturated/α-hetero) is 1. The second-order valence-corrected chi connectivity index (χ2v) is 5.41. The largest absolute Gasteiger partial charge is 0.493 e. The van der Waals surface area contributed by atoms with Crippen molar-refractivity contribution in [2.24, 2.45) is 5.92 Å². The molecule has 0 radical (unpaired) electrons. The Hall–Kier alpha value is -1.31. The highest BCUT2D eigenvalue weighted by molar-refractivity contribution is 5.98. The zero-order valence-electron chi connectivity index (χ0n) is 12.1. The van der Waals surface area contributed by atoms with E-state index in [0.717, 1.165) is 56.4 Å². The number of carbonyl (C=O) groups excluding carboxylic acids is 1. The molecule has 0 amide bonds. The minimum atomic E-state index is 0.192. The molecule has 0 atom stereocenters. The second kappa shape index (κ2) is 6.74. The third-order valence-corrected chi connectivity index (χ3v) is 3.84. The molecule has 1 heterocycles. The molecule has 0 N–H and O–H groups in total. The third-order valence-electron chi connectivity index (χ3n) is 3.84. The number of rotatable bonds is 6. The summed E-state index contributed by atoms with van der Waals surface area (Å²) < 4.78 is 5.60. The van der Waals surface area contributed by atoms with Crippen LogP contribution in [0.2, 0.25) is 0 Å². The van der Waals surface area contributed by atoms with Gasteiger partial charge in [0.25, 0.3) is 0 Å². The van der Waals surface area contributed by atoms with Gasteiger partial charge in [0.05, 0.1) is 6.61 Å². The van der Waals surface area contributed by atoms with E-state index in [4.69, 9.17) is 4.74 Å². The van der Waals surface area contributed by atoms with Gasteiger partial charge in [0, 0.05) is 11.5 Å². The van der Waals surface area contributed by atoms with Gasteiger partial charge >= 0.3 is 0 Å². The molecule has 0 saturated carbocycles. The predicted octanol–water partition coefficient (Wildman–Crippen LogP) is 4.41. The molecular formula is C17H24O2. The van der Waals surface area contributed by atoms with Crippen molar-refractivity contribution in [1.82, 2.24) is 0 Å². The first-order chi connectivity index (χ1) is 9.26. The van der Waals surface area contributed by atoms with Crippen LogP contribution in [0.1, 0.15) is 61.9 Å². The van der Waals surface area contributed by atoms with E-state index in [9.17, 15) is 4.79 Å². The molecule has 0 bridgehead atoms. The van der Waals surface area contributed by atoms with Gasteiger partial charge in [-0.25, -0.2) is 0 Å². The summed E-state index contributed by atoms with van der Waals surface area (Å²) >= 11 is 0. The van der Waals surface area contributed by atoms with Crippen LogP contribution in [0.4, 0.5) is 0 Å². The molecule has 104 valence electrons. The number of aryl methyl sites for hydroxylation is 1. The maximum Gasteiger partial charge on any atom is 0.165 e. The molecule has 0 unspecified atom stereocenters. The van der Waals surface area contributed by atoms with Crippen LogP contribution in [0, 0.1) is 5.92 Å². The number of benzene rings is 1. The number of hydrogen-bond donors (Lipinski definition) is 0. The molecule has 2 heteroatoms. The maximum atomic E-state index is 12.6. The molecule has 2 nitrogen and oxygen atoms in total. The lowest BCUT2D eigenvalue weighted by atomic mass is 9.88. The Labute approximate surface area is 116 Å². The molecule has 0 saturated heterocycles. The summed E-state index contributed by atoms with van der Waals surface area (Å²) in [7, 11) is 0. The summed E-state index contributed by atoms with van der Waals surface area (Å²) in [6.07, 6.45) is 6.23. The van der Waals surface area contributed by atoms with E-state index in [-0.39, 0.29) is 5.92 Å². The predicted molar refractivity (Wildman–Crippen MR) is 77.9 cm³/mol. The summed E-state index contributed by atoms with van der Waals surface area (Å²) in [4.78, 5) is 12.6. The van der Waals surface area contributed by atoms with Crippen LogP contribution in [0.25, 0.3) is 0 Å². The Morgan fingerprint density at radius 1 is 1.26 bits per heavy atom. The summed E-state index contributed by atoms with van der Waals surface area (Å²) in [5.41, 5.74) is 2.07. The summed E-state index contributed by atoms with van der Waals surface area (Å²) in [6.45, 7) is 5.10. The quantitative estimate of drug-likeness (QED) is 0.708. The molecule has 2 rings (SSSR count). The smallest absolute Gasteiger partial charge is 0.165 e. The van der Waals surface area contributed by atoms with Crippen molar-refractivity contribution in [2.75, 3.05) is 6.61 Å². The minimum absolute atomic E-state index is 0.192. The molecule has 1 aliphatic heterocycles. The van der Waals surface area contributed by atoms with Crippen LogP contribution in [-0.4, -0.2) is 12.4 Å². The number of ether oxygens (including phenoxy) is 1. The topological polar surface area (TPSA) is 26.3 Å². The number of carbonyl (C=O) groups is 1. The first-order valence-corrected chi connectivity index (χ1v) is 7.56.